The Hall–Kier alpha value is -2.63. The molecule has 4 atom stereocenters. The monoisotopic (exact) mass is 572 g/mol. The second-order valence-corrected chi connectivity index (χ2v) is 18.6. The van der Waals surface area contributed by atoms with E-state index in [2.05, 4.69) is 102 Å². The predicted octanol–water partition coefficient (Wildman–Crippen LogP) is 7.23. The molecule has 0 radical (unpaired) electrons. The second-order valence-electron chi connectivity index (χ2n) is 14.4. The zero-order valence-corrected chi connectivity index (χ0v) is 26.7. The fourth-order valence-electron chi connectivity index (χ4n) is 8.41. The molecule has 3 aliphatic carbocycles. The summed E-state index contributed by atoms with van der Waals surface area (Å²) in [4.78, 5) is 12.8. The Morgan fingerprint density at radius 1 is 0.976 bits per heavy atom. The fourth-order valence-corrected chi connectivity index (χ4v) is 12.8. The van der Waals surface area contributed by atoms with Crippen molar-refractivity contribution in [1.29, 1.82) is 0 Å². The first kappa shape index (κ1) is 29.8. The van der Waals surface area contributed by atoms with Crippen LogP contribution >= 0.6 is 0 Å². The van der Waals surface area contributed by atoms with Crippen LogP contribution in [0, 0.1) is 22.7 Å². The normalized spacial score (nSPS) is 29.7. The molecule has 0 aliphatic heterocycles. The molecule has 1 unspecified atom stereocenters. The summed E-state index contributed by atoms with van der Waals surface area (Å²) in [6, 6.07) is 21.3. The van der Waals surface area contributed by atoms with Gasteiger partial charge in [0.15, 0.2) is 0 Å². The number of aliphatic carboxylic acids is 1. The number of hydrogen-bond donors (Lipinski definition) is 2. The van der Waals surface area contributed by atoms with Crippen molar-refractivity contribution < 1.29 is 19.4 Å². The Bertz CT molecular complexity index is 1280. The zero-order chi connectivity index (χ0) is 29.6. The lowest BCUT2D eigenvalue weighted by molar-refractivity contribution is -0.151. The van der Waals surface area contributed by atoms with Crippen LogP contribution in [0.1, 0.15) is 86.5 Å². The number of aliphatic hydroxyl groups excluding tert-OH is 1. The van der Waals surface area contributed by atoms with E-state index in [-0.39, 0.29) is 16.4 Å². The highest BCUT2D eigenvalue weighted by molar-refractivity contribution is 6.99. The Morgan fingerprint density at radius 3 is 2.07 bits per heavy atom. The van der Waals surface area contributed by atoms with E-state index in [1.165, 1.54) is 15.9 Å². The van der Waals surface area contributed by atoms with Crippen molar-refractivity contribution in [2.45, 2.75) is 97.6 Å². The molecule has 2 fully saturated rings. The Morgan fingerprint density at radius 2 is 1.56 bits per heavy atom. The summed E-state index contributed by atoms with van der Waals surface area (Å²) in [6.07, 6.45) is 6.60. The number of aliphatic hydroxyl groups is 1. The molecular weight excluding hydrogens is 524 g/mol. The topological polar surface area (TPSA) is 66.8 Å². The van der Waals surface area contributed by atoms with E-state index in [4.69, 9.17) is 4.43 Å². The molecule has 2 N–H and O–H groups in total. The van der Waals surface area contributed by atoms with E-state index in [0.717, 1.165) is 36.8 Å². The van der Waals surface area contributed by atoms with E-state index in [1.807, 2.05) is 6.26 Å². The Labute approximate surface area is 247 Å². The van der Waals surface area contributed by atoms with Crippen LogP contribution in [-0.4, -0.2) is 30.6 Å². The molecule has 0 spiro atoms. The predicted molar refractivity (Wildman–Crippen MR) is 169 cm³/mol. The van der Waals surface area contributed by atoms with Crippen molar-refractivity contribution in [2.24, 2.45) is 22.7 Å². The molecule has 220 valence electrons. The minimum Gasteiger partial charge on any atom is -0.540 e. The first-order chi connectivity index (χ1) is 19.4. The van der Waals surface area contributed by atoms with Gasteiger partial charge in [-0.25, -0.2) is 0 Å². The number of allylic oxidation sites excluding steroid dienone is 1. The Kier molecular flexibility index (Phi) is 7.93. The van der Waals surface area contributed by atoms with Crippen LogP contribution in [-0.2, 0) is 9.22 Å². The number of fused-ring (bicyclic) bond motifs is 3. The van der Waals surface area contributed by atoms with Crippen LogP contribution < -0.4 is 10.4 Å². The van der Waals surface area contributed by atoms with Gasteiger partial charge >= 0.3 is 14.3 Å². The third kappa shape index (κ3) is 4.83. The molecule has 0 saturated heterocycles. The number of carbonyl (C=O) groups is 1. The van der Waals surface area contributed by atoms with Crippen LogP contribution in [0.15, 0.2) is 83.6 Å². The molecule has 2 aromatic rings. The summed E-state index contributed by atoms with van der Waals surface area (Å²) < 4.78 is 7.16. The number of carboxylic acids is 1. The molecule has 0 bridgehead atoms. The molecule has 3 aliphatic rings. The highest BCUT2D eigenvalue weighted by Crippen LogP contribution is 2.64. The molecule has 41 heavy (non-hydrogen) atoms. The summed E-state index contributed by atoms with van der Waals surface area (Å²) in [5.74, 6) is -0.279. The lowest BCUT2D eigenvalue weighted by Gasteiger charge is -2.50. The van der Waals surface area contributed by atoms with E-state index in [0.29, 0.717) is 25.2 Å². The summed E-state index contributed by atoms with van der Waals surface area (Å²) >= 11 is 0. The lowest BCUT2D eigenvalue weighted by Crippen LogP contribution is -2.65. The number of carboxylic acid groups (broad SMARTS) is 1. The fraction of sp³-hybridized carbons (Fsp3) is 0.528. The third-order valence-electron chi connectivity index (χ3n) is 10.8. The van der Waals surface area contributed by atoms with Gasteiger partial charge in [0.05, 0.1) is 17.8 Å². The van der Waals surface area contributed by atoms with Crippen molar-refractivity contribution in [3.63, 3.8) is 0 Å². The van der Waals surface area contributed by atoms with Gasteiger partial charge in [0, 0.05) is 5.41 Å². The van der Waals surface area contributed by atoms with Crippen LogP contribution in [0.25, 0.3) is 0 Å². The van der Waals surface area contributed by atoms with E-state index in [1.54, 1.807) is 0 Å². The molecule has 5 rings (SSSR count). The molecule has 0 amide bonds. The number of rotatable bonds is 6. The molecule has 0 aromatic heterocycles. The van der Waals surface area contributed by atoms with E-state index < -0.39 is 25.8 Å². The average Bonchev–Trinajstić information content (AvgIpc) is 3.29. The van der Waals surface area contributed by atoms with Gasteiger partial charge in [0.1, 0.15) is 0 Å². The second kappa shape index (κ2) is 10.9. The van der Waals surface area contributed by atoms with Crippen molar-refractivity contribution in [3.8, 4) is 0 Å². The number of benzene rings is 2. The van der Waals surface area contributed by atoms with Gasteiger partial charge in [-0.2, -0.15) is 0 Å². The van der Waals surface area contributed by atoms with Gasteiger partial charge < -0.3 is 14.6 Å². The quantitative estimate of drug-likeness (QED) is 0.218. The minimum absolute atomic E-state index is 0.0704. The highest BCUT2D eigenvalue weighted by atomic mass is 28.4. The largest absolute Gasteiger partial charge is 0.540 e. The van der Waals surface area contributed by atoms with Gasteiger partial charge in [-0.15, -0.1) is 0 Å². The minimum atomic E-state index is -2.75. The van der Waals surface area contributed by atoms with Gasteiger partial charge in [0.25, 0.3) is 0 Å². The van der Waals surface area contributed by atoms with Crippen LogP contribution in [0.3, 0.4) is 0 Å². The highest BCUT2D eigenvalue weighted by Gasteiger charge is 2.59. The van der Waals surface area contributed by atoms with Gasteiger partial charge in [-0.1, -0.05) is 108 Å². The lowest BCUT2D eigenvalue weighted by atomic mass is 9.53. The molecule has 2 saturated carbocycles. The Balaban J connectivity index is 1.56. The van der Waals surface area contributed by atoms with Crippen molar-refractivity contribution >= 4 is 24.7 Å². The van der Waals surface area contributed by atoms with Crippen molar-refractivity contribution in [3.05, 3.63) is 83.6 Å². The van der Waals surface area contributed by atoms with Crippen LogP contribution in [0.4, 0.5) is 0 Å². The van der Waals surface area contributed by atoms with E-state index in [9.17, 15) is 15.0 Å². The summed E-state index contributed by atoms with van der Waals surface area (Å²) in [6.45, 7) is 13.4. The maximum absolute atomic E-state index is 12.8. The first-order valence-corrected chi connectivity index (χ1v) is 17.4. The van der Waals surface area contributed by atoms with E-state index >= 15 is 0 Å². The molecule has 0 heterocycles. The van der Waals surface area contributed by atoms with Gasteiger partial charge in [-0.05, 0) is 83.3 Å². The smallest absolute Gasteiger partial charge is 0.319 e. The SMILES string of the molecule is CC(C)C1=C2[C@H]3CC/C(=C\O[Si](c4ccccc4)(c4ccccc4)C(C)(C)C)CC(O)[C@]3(C)CC[C@@]2(C(=O)O)CC1. The maximum Gasteiger partial charge on any atom is 0.319 e. The third-order valence-corrected chi connectivity index (χ3v) is 15.7. The molecule has 5 heteroatoms. The van der Waals surface area contributed by atoms with Crippen LogP contribution in [0.2, 0.25) is 5.04 Å². The molecular formula is C36H48O4Si. The van der Waals surface area contributed by atoms with Crippen molar-refractivity contribution in [2.75, 3.05) is 0 Å². The first-order valence-electron chi connectivity index (χ1n) is 15.5. The number of hydrogen-bond acceptors (Lipinski definition) is 3. The summed E-state index contributed by atoms with van der Waals surface area (Å²) in [5, 5.41) is 24.7. The summed E-state index contributed by atoms with van der Waals surface area (Å²) in [5.41, 5.74) is 2.51. The van der Waals surface area contributed by atoms with Crippen molar-refractivity contribution in [1.82, 2.24) is 0 Å². The standard InChI is InChI=1S/C36H48O4Si/c1-25(2)29-19-20-36(33(38)39)22-21-35(6)30(32(29)36)18-17-26(23-31(35)37)24-40-41(34(3,4)5,27-13-9-7-10-14-27)28-15-11-8-12-16-28/h7-16,24-25,30-31,37H,17-23H2,1-6H3,(H,38,39)/b26-24+/t30-,31?,35-,36+/m1/s1. The van der Waals surface area contributed by atoms with Crippen LogP contribution in [0.5, 0.6) is 0 Å². The molecule has 2 aromatic carbocycles. The van der Waals surface area contributed by atoms with Gasteiger partial charge in [-0.3, -0.25) is 4.79 Å². The average molecular weight is 573 g/mol. The molecule has 4 nitrogen and oxygen atoms in total. The maximum atomic E-state index is 12.8. The summed E-state index contributed by atoms with van der Waals surface area (Å²) in [7, 11) is -2.75. The van der Waals surface area contributed by atoms with Gasteiger partial charge in [0.2, 0.25) is 0 Å². The zero-order valence-electron chi connectivity index (χ0n) is 25.7.